The molecule has 5 aromatic rings. The van der Waals surface area contributed by atoms with Gasteiger partial charge in [0.15, 0.2) is 5.82 Å². The van der Waals surface area contributed by atoms with Crippen molar-refractivity contribution >= 4 is 51.2 Å². The fourth-order valence-electron chi connectivity index (χ4n) is 3.89. The smallest absolute Gasteiger partial charge is 0.308 e. The van der Waals surface area contributed by atoms with Crippen LogP contribution in [0.1, 0.15) is 19.9 Å². The molecule has 0 aliphatic heterocycles. The standard InChI is InChI=1S/C23H18Cl2N6O2/c1-11(23(32)33)12(2)31-10-18(14-3-4-26-9-19(14)25)17-8-29-21(30-22(17)31)16-7-28-20-15(16)5-13(24)6-27-20/h3-12H,1-2H3,(H,27,28)(H,32,33)/t11-,12-/m1/s1. The highest BCUT2D eigenvalue weighted by molar-refractivity contribution is 6.33. The predicted octanol–water partition coefficient (Wildman–Crippen LogP) is 5.63. The van der Waals surface area contributed by atoms with Crippen molar-refractivity contribution in [3.63, 3.8) is 0 Å². The van der Waals surface area contributed by atoms with Gasteiger partial charge in [-0.1, -0.05) is 23.2 Å². The minimum Gasteiger partial charge on any atom is -0.481 e. The van der Waals surface area contributed by atoms with E-state index in [9.17, 15) is 9.90 Å². The molecule has 5 heterocycles. The Morgan fingerprint density at radius 1 is 1.09 bits per heavy atom. The summed E-state index contributed by atoms with van der Waals surface area (Å²) in [4.78, 5) is 32.6. The van der Waals surface area contributed by atoms with Gasteiger partial charge < -0.3 is 14.7 Å². The van der Waals surface area contributed by atoms with E-state index in [2.05, 4.69) is 19.9 Å². The van der Waals surface area contributed by atoms with Gasteiger partial charge in [-0.3, -0.25) is 9.78 Å². The lowest BCUT2D eigenvalue weighted by molar-refractivity contribution is -0.142. The van der Waals surface area contributed by atoms with Crippen LogP contribution in [0.3, 0.4) is 0 Å². The summed E-state index contributed by atoms with van der Waals surface area (Å²) in [6.07, 6.45) is 10.2. The van der Waals surface area contributed by atoms with E-state index in [0.717, 1.165) is 27.5 Å². The third kappa shape index (κ3) is 3.61. The number of nitrogens with zero attached hydrogens (tertiary/aromatic N) is 5. The molecule has 2 atom stereocenters. The number of carboxylic acids is 1. The van der Waals surface area contributed by atoms with E-state index in [0.29, 0.717) is 27.2 Å². The third-order valence-corrected chi connectivity index (χ3v) is 6.43. The number of aromatic nitrogens is 6. The molecule has 5 rings (SSSR count). The second-order valence-corrected chi connectivity index (χ2v) is 8.70. The van der Waals surface area contributed by atoms with Gasteiger partial charge in [-0.05, 0) is 26.0 Å². The fraction of sp³-hybridized carbons (Fsp3) is 0.174. The zero-order valence-corrected chi connectivity index (χ0v) is 19.1. The molecule has 0 amide bonds. The Bertz CT molecular complexity index is 1530. The number of pyridine rings is 2. The fourth-order valence-corrected chi connectivity index (χ4v) is 4.27. The van der Waals surface area contributed by atoms with Crippen LogP contribution in [0.15, 0.2) is 49.3 Å². The first-order valence-corrected chi connectivity index (χ1v) is 10.9. The van der Waals surface area contributed by atoms with Crippen LogP contribution in [0.2, 0.25) is 10.0 Å². The van der Waals surface area contributed by atoms with E-state index in [-0.39, 0.29) is 6.04 Å². The average Bonchev–Trinajstić information content (AvgIpc) is 3.39. The molecule has 8 nitrogen and oxygen atoms in total. The van der Waals surface area contributed by atoms with E-state index in [1.54, 1.807) is 44.0 Å². The second kappa shape index (κ2) is 8.13. The SMILES string of the molecule is C[C@H]([C@@H](C)C(=O)O)n1cc(-c2ccncc2Cl)c2cnc(-c3c[nH]c4ncc(Cl)cc34)nc21. The molecule has 0 saturated heterocycles. The lowest BCUT2D eigenvalue weighted by Gasteiger charge is -2.18. The third-order valence-electron chi connectivity index (χ3n) is 5.92. The Morgan fingerprint density at radius 2 is 1.91 bits per heavy atom. The zero-order chi connectivity index (χ0) is 23.3. The van der Waals surface area contributed by atoms with Crippen LogP contribution >= 0.6 is 23.2 Å². The van der Waals surface area contributed by atoms with Crippen LogP contribution in [-0.4, -0.2) is 40.6 Å². The Morgan fingerprint density at radius 3 is 2.67 bits per heavy atom. The maximum Gasteiger partial charge on any atom is 0.308 e. The lowest BCUT2D eigenvalue weighted by atomic mass is 10.0. The first-order chi connectivity index (χ1) is 15.8. The largest absolute Gasteiger partial charge is 0.481 e. The van der Waals surface area contributed by atoms with Gasteiger partial charge in [0.25, 0.3) is 0 Å². The molecule has 0 bridgehead atoms. The minimum absolute atomic E-state index is 0.374. The number of rotatable bonds is 5. The van der Waals surface area contributed by atoms with Crippen LogP contribution in [0, 0.1) is 5.92 Å². The highest BCUT2D eigenvalue weighted by atomic mass is 35.5. The number of aliphatic carboxylic acids is 1. The monoisotopic (exact) mass is 480 g/mol. The molecule has 2 N–H and O–H groups in total. The summed E-state index contributed by atoms with van der Waals surface area (Å²) in [6, 6.07) is 3.24. The summed E-state index contributed by atoms with van der Waals surface area (Å²) in [7, 11) is 0. The molecule has 10 heteroatoms. The van der Waals surface area contributed by atoms with E-state index in [1.165, 1.54) is 0 Å². The molecule has 0 aliphatic rings. The maximum absolute atomic E-state index is 11.7. The number of H-pyrrole nitrogens is 1. The van der Waals surface area contributed by atoms with Crippen molar-refractivity contribution in [2.24, 2.45) is 5.92 Å². The number of hydrogen-bond acceptors (Lipinski definition) is 5. The molecule has 0 radical (unpaired) electrons. The molecule has 0 aromatic carbocycles. The van der Waals surface area contributed by atoms with E-state index in [1.807, 2.05) is 23.8 Å². The molecule has 0 saturated carbocycles. The van der Waals surface area contributed by atoms with Crippen molar-refractivity contribution in [1.82, 2.24) is 29.5 Å². The van der Waals surface area contributed by atoms with Gasteiger partial charge in [0.05, 0.1) is 16.0 Å². The van der Waals surface area contributed by atoms with Crippen LogP contribution in [0.4, 0.5) is 0 Å². The van der Waals surface area contributed by atoms with Gasteiger partial charge in [0, 0.05) is 70.7 Å². The Kier molecular flexibility index (Phi) is 5.26. The predicted molar refractivity (Wildman–Crippen MR) is 127 cm³/mol. The van der Waals surface area contributed by atoms with Crippen LogP contribution < -0.4 is 0 Å². The van der Waals surface area contributed by atoms with Crippen LogP contribution in [-0.2, 0) is 4.79 Å². The first-order valence-electron chi connectivity index (χ1n) is 10.2. The highest BCUT2D eigenvalue weighted by Crippen LogP contribution is 2.37. The molecular formula is C23H18Cl2N6O2. The summed E-state index contributed by atoms with van der Waals surface area (Å²) >= 11 is 12.6. The molecule has 0 aliphatic carbocycles. The average molecular weight is 481 g/mol. The number of halogens is 2. The van der Waals surface area contributed by atoms with Crippen molar-refractivity contribution in [3.8, 4) is 22.5 Å². The molecule has 0 spiro atoms. The molecule has 0 unspecified atom stereocenters. The van der Waals surface area contributed by atoms with Crippen molar-refractivity contribution in [3.05, 3.63) is 59.4 Å². The molecule has 33 heavy (non-hydrogen) atoms. The maximum atomic E-state index is 11.7. The Balaban J connectivity index is 1.76. The topological polar surface area (TPSA) is 110 Å². The summed E-state index contributed by atoms with van der Waals surface area (Å²) in [5.74, 6) is -1.06. The number of aromatic amines is 1. The minimum atomic E-state index is -0.889. The summed E-state index contributed by atoms with van der Waals surface area (Å²) < 4.78 is 1.87. The van der Waals surface area contributed by atoms with Gasteiger partial charge in [0.1, 0.15) is 11.3 Å². The van der Waals surface area contributed by atoms with Crippen molar-refractivity contribution in [2.45, 2.75) is 19.9 Å². The van der Waals surface area contributed by atoms with Gasteiger partial charge in [-0.25, -0.2) is 15.0 Å². The van der Waals surface area contributed by atoms with Gasteiger partial charge in [-0.2, -0.15) is 0 Å². The van der Waals surface area contributed by atoms with Crippen molar-refractivity contribution < 1.29 is 9.90 Å². The summed E-state index contributed by atoms with van der Waals surface area (Å²) in [5, 5.41) is 12.1. The first kappa shape index (κ1) is 21.4. The van der Waals surface area contributed by atoms with Crippen LogP contribution in [0.5, 0.6) is 0 Å². The van der Waals surface area contributed by atoms with E-state index < -0.39 is 11.9 Å². The zero-order valence-electron chi connectivity index (χ0n) is 17.6. The quantitative estimate of drug-likeness (QED) is 0.337. The highest BCUT2D eigenvalue weighted by Gasteiger charge is 2.25. The number of hydrogen-bond donors (Lipinski definition) is 2. The van der Waals surface area contributed by atoms with Gasteiger partial charge in [-0.15, -0.1) is 0 Å². The normalized spacial score (nSPS) is 13.5. The molecule has 5 aromatic heterocycles. The van der Waals surface area contributed by atoms with Gasteiger partial charge >= 0.3 is 5.97 Å². The Labute approximate surface area is 198 Å². The van der Waals surface area contributed by atoms with Crippen molar-refractivity contribution in [1.29, 1.82) is 0 Å². The number of carbonyl (C=O) groups is 1. The summed E-state index contributed by atoms with van der Waals surface area (Å²) in [6.45, 7) is 3.53. The Hall–Kier alpha value is -3.49. The van der Waals surface area contributed by atoms with E-state index in [4.69, 9.17) is 28.2 Å². The van der Waals surface area contributed by atoms with Crippen LogP contribution in [0.25, 0.3) is 44.6 Å². The van der Waals surface area contributed by atoms with Gasteiger partial charge in [0.2, 0.25) is 0 Å². The van der Waals surface area contributed by atoms with E-state index >= 15 is 0 Å². The van der Waals surface area contributed by atoms with Crippen molar-refractivity contribution in [2.75, 3.05) is 0 Å². The number of carboxylic acid groups (broad SMARTS) is 1. The molecule has 0 fully saturated rings. The lowest BCUT2D eigenvalue weighted by Crippen LogP contribution is -2.21. The summed E-state index contributed by atoms with van der Waals surface area (Å²) in [5.41, 5.74) is 3.59. The molecular weight excluding hydrogens is 463 g/mol. The second-order valence-electron chi connectivity index (χ2n) is 7.86. The molecule has 166 valence electrons. The number of fused-ring (bicyclic) bond motifs is 2. The number of nitrogens with one attached hydrogen (secondary N) is 1.